The third-order valence-corrected chi connectivity index (χ3v) is 5.09. The lowest BCUT2D eigenvalue weighted by molar-refractivity contribution is -0.144. The van der Waals surface area contributed by atoms with Crippen LogP contribution in [0.25, 0.3) is 6.08 Å². The van der Waals surface area contributed by atoms with Crippen LogP contribution >= 0.6 is 0 Å². The van der Waals surface area contributed by atoms with E-state index in [-0.39, 0.29) is 5.78 Å². The Morgan fingerprint density at radius 2 is 1.71 bits per heavy atom. The summed E-state index contributed by atoms with van der Waals surface area (Å²) in [6.45, 7) is 8.11. The SMILES string of the molecule is Cc1ccc(Cn2nc(C)c(C=CC(=O)c3ccc(OC(C)C(=O)O)cc3)c2C)cc1. The van der Waals surface area contributed by atoms with Gasteiger partial charge in [0.2, 0.25) is 0 Å². The van der Waals surface area contributed by atoms with Crippen LogP contribution in [0.3, 0.4) is 0 Å². The third kappa shape index (κ3) is 5.48. The summed E-state index contributed by atoms with van der Waals surface area (Å²) in [7, 11) is 0. The summed E-state index contributed by atoms with van der Waals surface area (Å²) in [6.07, 6.45) is 2.37. The van der Waals surface area contributed by atoms with Gasteiger partial charge >= 0.3 is 5.97 Å². The number of carboxylic acids is 1. The number of rotatable bonds is 8. The number of hydrogen-bond acceptors (Lipinski definition) is 4. The summed E-state index contributed by atoms with van der Waals surface area (Å²) < 4.78 is 7.23. The summed E-state index contributed by atoms with van der Waals surface area (Å²) in [5.41, 5.74) is 5.66. The maximum Gasteiger partial charge on any atom is 0.344 e. The van der Waals surface area contributed by atoms with Gasteiger partial charge in [0.15, 0.2) is 11.9 Å². The summed E-state index contributed by atoms with van der Waals surface area (Å²) >= 11 is 0. The molecular formula is C25H26N2O4. The van der Waals surface area contributed by atoms with Crippen LogP contribution in [0.1, 0.15) is 45.4 Å². The molecule has 0 aliphatic carbocycles. The van der Waals surface area contributed by atoms with E-state index in [1.807, 2.05) is 18.5 Å². The highest BCUT2D eigenvalue weighted by Gasteiger charge is 2.13. The summed E-state index contributed by atoms with van der Waals surface area (Å²) in [5, 5.41) is 13.5. The van der Waals surface area contributed by atoms with Gasteiger partial charge in [-0.25, -0.2) is 4.79 Å². The standard InChI is InChI=1S/C25H26N2O4/c1-16-5-7-20(8-6-16)15-27-18(3)23(17(2)26-27)13-14-24(28)21-9-11-22(12-10-21)31-19(4)25(29)30/h5-14,19H,15H2,1-4H3,(H,29,30). The van der Waals surface area contributed by atoms with E-state index in [2.05, 4.69) is 36.3 Å². The van der Waals surface area contributed by atoms with Crippen molar-refractivity contribution in [2.75, 3.05) is 0 Å². The number of carbonyl (C=O) groups excluding carboxylic acids is 1. The highest BCUT2D eigenvalue weighted by atomic mass is 16.5. The average molecular weight is 418 g/mol. The number of aromatic nitrogens is 2. The fourth-order valence-electron chi connectivity index (χ4n) is 3.18. The van der Waals surface area contributed by atoms with Crippen molar-refractivity contribution in [1.29, 1.82) is 0 Å². The topological polar surface area (TPSA) is 81.4 Å². The Balaban J connectivity index is 1.71. The second-order valence-corrected chi connectivity index (χ2v) is 7.55. The fraction of sp³-hybridized carbons (Fsp3) is 0.240. The van der Waals surface area contributed by atoms with Crippen molar-refractivity contribution in [3.8, 4) is 5.75 Å². The van der Waals surface area contributed by atoms with E-state index in [1.54, 1.807) is 30.3 Å². The minimum atomic E-state index is -1.04. The van der Waals surface area contributed by atoms with Gasteiger partial charge in [-0.3, -0.25) is 9.48 Å². The number of ether oxygens (including phenoxy) is 1. The number of hydrogen-bond donors (Lipinski definition) is 1. The molecule has 1 heterocycles. The van der Waals surface area contributed by atoms with E-state index in [0.29, 0.717) is 17.9 Å². The molecule has 1 atom stereocenters. The van der Waals surface area contributed by atoms with Crippen molar-refractivity contribution >= 4 is 17.8 Å². The van der Waals surface area contributed by atoms with E-state index in [4.69, 9.17) is 9.84 Å². The van der Waals surface area contributed by atoms with Crippen LogP contribution in [0.2, 0.25) is 0 Å². The van der Waals surface area contributed by atoms with Crippen molar-refractivity contribution in [3.63, 3.8) is 0 Å². The Labute approximate surface area is 181 Å². The van der Waals surface area contributed by atoms with Crippen molar-refractivity contribution in [3.05, 3.63) is 88.2 Å². The van der Waals surface area contributed by atoms with E-state index in [9.17, 15) is 9.59 Å². The highest BCUT2D eigenvalue weighted by molar-refractivity contribution is 6.07. The molecule has 0 saturated heterocycles. The lowest BCUT2D eigenvalue weighted by Crippen LogP contribution is -2.22. The molecule has 6 heteroatoms. The van der Waals surface area contributed by atoms with Crippen LogP contribution < -0.4 is 4.74 Å². The van der Waals surface area contributed by atoms with E-state index >= 15 is 0 Å². The first-order valence-electron chi connectivity index (χ1n) is 10.1. The van der Waals surface area contributed by atoms with Gasteiger partial charge in [-0.05, 0) is 69.7 Å². The Bertz CT molecular complexity index is 1110. The largest absolute Gasteiger partial charge is 0.479 e. The van der Waals surface area contributed by atoms with E-state index < -0.39 is 12.1 Å². The Hall–Kier alpha value is -3.67. The van der Waals surface area contributed by atoms with Crippen LogP contribution in [0.15, 0.2) is 54.6 Å². The van der Waals surface area contributed by atoms with Gasteiger partial charge in [0.05, 0.1) is 12.2 Å². The molecule has 0 bridgehead atoms. The van der Waals surface area contributed by atoms with E-state index in [0.717, 1.165) is 17.0 Å². The smallest absolute Gasteiger partial charge is 0.344 e. The number of aryl methyl sites for hydroxylation is 2. The first kappa shape index (κ1) is 22.0. The molecule has 1 aromatic heterocycles. The summed E-state index contributed by atoms with van der Waals surface area (Å²) in [6, 6.07) is 14.8. The zero-order valence-electron chi connectivity index (χ0n) is 18.1. The van der Waals surface area contributed by atoms with Crippen molar-refractivity contribution in [1.82, 2.24) is 9.78 Å². The van der Waals surface area contributed by atoms with Crippen LogP contribution in [0.5, 0.6) is 5.75 Å². The number of carboxylic acid groups (broad SMARTS) is 1. The summed E-state index contributed by atoms with van der Waals surface area (Å²) in [4.78, 5) is 23.4. The predicted octanol–water partition coefficient (Wildman–Crippen LogP) is 4.60. The van der Waals surface area contributed by atoms with Gasteiger partial charge in [0.1, 0.15) is 5.75 Å². The lowest BCUT2D eigenvalue weighted by atomic mass is 10.1. The molecule has 3 rings (SSSR count). The van der Waals surface area contributed by atoms with Crippen molar-refractivity contribution in [2.24, 2.45) is 0 Å². The molecule has 1 unspecified atom stereocenters. The minimum absolute atomic E-state index is 0.150. The number of carbonyl (C=O) groups is 2. The van der Waals surface area contributed by atoms with Crippen molar-refractivity contribution < 1.29 is 19.4 Å². The Kier molecular flexibility index (Phi) is 6.70. The normalized spacial score (nSPS) is 12.1. The van der Waals surface area contributed by atoms with Gasteiger partial charge in [0, 0.05) is 16.8 Å². The first-order chi connectivity index (χ1) is 14.7. The Morgan fingerprint density at radius 1 is 1.06 bits per heavy atom. The van der Waals surface area contributed by atoms with E-state index in [1.165, 1.54) is 24.1 Å². The average Bonchev–Trinajstić information content (AvgIpc) is 3.01. The van der Waals surface area contributed by atoms with Gasteiger partial charge < -0.3 is 9.84 Å². The Morgan fingerprint density at radius 3 is 2.32 bits per heavy atom. The van der Waals surface area contributed by atoms with Crippen LogP contribution in [-0.2, 0) is 11.3 Å². The second-order valence-electron chi connectivity index (χ2n) is 7.55. The molecular weight excluding hydrogens is 392 g/mol. The van der Waals surface area contributed by atoms with Crippen molar-refractivity contribution in [2.45, 2.75) is 40.3 Å². The maximum atomic E-state index is 12.6. The van der Waals surface area contributed by atoms with Crippen LogP contribution in [-0.4, -0.2) is 32.7 Å². The molecule has 0 fully saturated rings. The molecule has 1 N–H and O–H groups in total. The molecule has 3 aromatic rings. The first-order valence-corrected chi connectivity index (χ1v) is 10.1. The zero-order chi connectivity index (χ0) is 22.5. The number of nitrogens with zero attached hydrogens (tertiary/aromatic N) is 2. The zero-order valence-corrected chi connectivity index (χ0v) is 18.1. The third-order valence-electron chi connectivity index (χ3n) is 5.09. The van der Waals surface area contributed by atoms with Gasteiger partial charge in [-0.15, -0.1) is 0 Å². The molecule has 31 heavy (non-hydrogen) atoms. The monoisotopic (exact) mass is 418 g/mol. The van der Waals surface area contributed by atoms with Crippen LogP contribution in [0.4, 0.5) is 0 Å². The molecule has 2 aromatic carbocycles. The number of benzene rings is 2. The highest BCUT2D eigenvalue weighted by Crippen LogP contribution is 2.19. The molecule has 0 saturated carbocycles. The van der Waals surface area contributed by atoms with Gasteiger partial charge in [0.25, 0.3) is 0 Å². The number of aliphatic carboxylic acids is 1. The second kappa shape index (κ2) is 9.43. The molecule has 0 aliphatic heterocycles. The number of ketones is 1. The quantitative estimate of drug-likeness (QED) is 0.427. The molecule has 0 amide bonds. The summed E-state index contributed by atoms with van der Waals surface area (Å²) in [5.74, 6) is -0.792. The molecule has 0 radical (unpaired) electrons. The molecule has 6 nitrogen and oxygen atoms in total. The fourth-order valence-corrected chi connectivity index (χ4v) is 3.18. The molecule has 0 spiro atoms. The predicted molar refractivity (Wildman–Crippen MR) is 120 cm³/mol. The van der Waals surface area contributed by atoms with Gasteiger partial charge in [-0.2, -0.15) is 5.10 Å². The van der Waals surface area contributed by atoms with Gasteiger partial charge in [-0.1, -0.05) is 29.8 Å². The maximum absolute atomic E-state index is 12.6. The minimum Gasteiger partial charge on any atom is -0.479 e. The molecule has 0 aliphatic rings. The number of allylic oxidation sites excluding steroid dienone is 1. The van der Waals surface area contributed by atoms with Crippen LogP contribution in [0, 0.1) is 20.8 Å². The lowest BCUT2D eigenvalue weighted by Gasteiger charge is -2.10. The molecule has 160 valence electrons.